The molecule has 2 aromatic heterocycles. The van der Waals surface area contributed by atoms with Crippen molar-refractivity contribution < 1.29 is 23.4 Å². The van der Waals surface area contributed by atoms with E-state index in [0.717, 1.165) is 6.42 Å². The summed E-state index contributed by atoms with van der Waals surface area (Å²) in [6.07, 6.45) is 4.70. The number of nitrogens with one attached hydrogen (secondary N) is 1. The number of methoxy groups -OCH3 is 3. The molecule has 1 amide bonds. The number of carbonyl (C=O) groups excluding carboxylic acids is 1. The molecule has 0 aliphatic carbocycles. The number of nitrogens with zero attached hydrogens (tertiary/aromatic N) is 5. The third kappa shape index (κ3) is 4.41. The number of halogens is 1. The molecular formula is C25H26FN7O4. The van der Waals surface area contributed by atoms with Gasteiger partial charge in [0.25, 0.3) is 0 Å². The zero-order chi connectivity index (χ0) is 26.1. The quantitative estimate of drug-likeness (QED) is 0.369. The molecule has 0 bridgehead atoms. The lowest BCUT2D eigenvalue weighted by molar-refractivity contribution is -0.119. The summed E-state index contributed by atoms with van der Waals surface area (Å²) < 4.78 is 32.9. The van der Waals surface area contributed by atoms with Crippen molar-refractivity contribution in [2.45, 2.75) is 18.9 Å². The first-order valence-electron chi connectivity index (χ1n) is 11.6. The SMILES string of the molecule is COc1cc(-n2cnc(Nc3nc(N4CCCC4C(N)=O)nc4cccc(F)c34)c2)cc(OC)c1OC. The van der Waals surface area contributed by atoms with Crippen molar-refractivity contribution in [3.8, 4) is 22.9 Å². The lowest BCUT2D eigenvalue weighted by Crippen LogP contribution is -2.41. The van der Waals surface area contributed by atoms with Crippen molar-refractivity contribution in [3.05, 3.63) is 48.7 Å². The third-order valence-electron chi connectivity index (χ3n) is 6.28. The van der Waals surface area contributed by atoms with Crippen molar-refractivity contribution >= 4 is 34.4 Å². The summed E-state index contributed by atoms with van der Waals surface area (Å²) in [6.45, 7) is 0.573. The second-order valence-corrected chi connectivity index (χ2v) is 8.43. The summed E-state index contributed by atoms with van der Waals surface area (Å²) in [5.41, 5.74) is 6.69. The van der Waals surface area contributed by atoms with E-state index < -0.39 is 17.8 Å². The van der Waals surface area contributed by atoms with Crippen LogP contribution in [0.2, 0.25) is 0 Å². The highest BCUT2D eigenvalue weighted by molar-refractivity contribution is 5.92. The Labute approximate surface area is 212 Å². The lowest BCUT2D eigenvalue weighted by atomic mass is 10.2. The monoisotopic (exact) mass is 507 g/mol. The number of nitrogens with two attached hydrogens (primary N) is 1. The minimum Gasteiger partial charge on any atom is -0.493 e. The minimum atomic E-state index is -0.516. The molecule has 1 unspecified atom stereocenters. The maximum Gasteiger partial charge on any atom is 0.240 e. The van der Waals surface area contributed by atoms with Gasteiger partial charge < -0.3 is 34.7 Å². The van der Waals surface area contributed by atoms with Gasteiger partial charge in [0, 0.05) is 18.7 Å². The average molecular weight is 508 g/mol. The Balaban J connectivity index is 1.54. The van der Waals surface area contributed by atoms with Gasteiger partial charge in [0.05, 0.1) is 44.1 Å². The number of ether oxygens (including phenoxy) is 3. The first kappa shape index (κ1) is 24.1. The van der Waals surface area contributed by atoms with Crippen LogP contribution in [0.4, 0.5) is 22.0 Å². The molecule has 1 saturated heterocycles. The van der Waals surface area contributed by atoms with Gasteiger partial charge in [-0.25, -0.2) is 14.4 Å². The highest BCUT2D eigenvalue weighted by Crippen LogP contribution is 2.39. The number of hydrogen-bond donors (Lipinski definition) is 2. The molecule has 3 heterocycles. The molecule has 1 atom stereocenters. The Morgan fingerprint density at radius 1 is 1.14 bits per heavy atom. The summed E-state index contributed by atoms with van der Waals surface area (Å²) in [4.78, 5) is 27.2. The number of benzene rings is 2. The maximum atomic E-state index is 14.9. The van der Waals surface area contributed by atoms with Crippen LogP contribution in [0.3, 0.4) is 0 Å². The molecular weight excluding hydrogens is 481 g/mol. The van der Waals surface area contributed by atoms with E-state index in [1.54, 1.807) is 46.3 Å². The number of anilines is 3. The van der Waals surface area contributed by atoms with Gasteiger partial charge >= 0.3 is 0 Å². The Morgan fingerprint density at radius 3 is 2.57 bits per heavy atom. The molecule has 1 aliphatic heterocycles. The van der Waals surface area contributed by atoms with Crippen LogP contribution in [0.25, 0.3) is 16.6 Å². The van der Waals surface area contributed by atoms with E-state index in [0.29, 0.717) is 53.2 Å². The van der Waals surface area contributed by atoms with E-state index in [1.165, 1.54) is 27.4 Å². The second kappa shape index (κ2) is 9.80. The molecule has 4 aromatic rings. The lowest BCUT2D eigenvalue weighted by Gasteiger charge is -2.23. The van der Waals surface area contributed by atoms with Crippen LogP contribution in [-0.4, -0.2) is 59.3 Å². The molecule has 1 fully saturated rings. The van der Waals surface area contributed by atoms with E-state index in [1.807, 2.05) is 0 Å². The van der Waals surface area contributed by atoms with Gasteiger partial charge in [0.15, 0.2) is 11.5 Å². The van der Waals surface area contributed by atoms with Gasteiger partial charge in [-0.15, -0.1) is 0 Å². The third-order valence-corrected chi connectivity index (χ3v) is 6.28. The predicted molar refractivity (Wildman–Crippen MR) is 136 cm³/mol. The second-order valence-electron chi connectivity index (χ2n) is 8.43. The van der Waals surface area contributed by atoms with E-state index in [4.69, 9.17) is 19.9 Å². The molecule has 3 N–H and O–H groups in total. The van der Waals surface area contributed by atoms with Crippen LogP contribution in [0.15, 0.2) is 42.9 Å². The highest BCUT2D eigenvalue weighted by atomic mass is 19.1. The number of aromatic nitrogens is 4. The van der Waals surface area contributed by atoms with E-state index in [9.17, 15) is 9.18 Å². The number of rotatable bonds is 8. The number of hydrogen-bond acceptors (Lipinski definition) is 9. The van der Waals surface area contributed by atoms with Crippen molar-refractivity contribution in [2.75, 3.05) is 38.1 Å². The topological polar surface area (TPSA) is 130 Å². The Kier molecular flexibility index (Phi) is 6.38. The van der Waals surface area contributed by atoms with E-state index in [2.05, 4.69) is 20.3 Å². The number of fused-ring (bicyclic) bond motifs is 1. The largest absolute Gasteiger partial charge is 0.493 e. The van der Waals surface area contributed by atoms with Crippen LogP contribution in [-0.2, 0) is 4.79 Å². The van der Waals surface area contributed by atoms with Crippen LogP contribution in [0.5, 0.6) is 17.2 Å². The zero-order valence-electron chi connectivity index (χ0n) is 20.6. The van der Waals surface area contributed by atoms with Crippen molar-refractivity contribution in [1.29, 1.82) is 0 Å². The van der Waals surface area contributed by atoms with E-state index >= 15 is 0 Å². The maximum absolute atomic E-state index is 14.9. The summed E-state index contributed by atoms with van der Waals surface area (Å²) in [5.74, 6) is 1.46. The minimum absolute atomic E-state index is 0.211. The van der Waals surface area contributed by atoms with Gasteiger partial charge in [0.2, 0.25) is 17.6 Å². The fraction of sp³-hybridized carbons (Fsp3) is 0.280. The van der Waals surface area contributed by atoms with Gasteiger partial charge in [0.1, 0.15) is 29.8 Å². The van der Waals surface area contributed by atoms with Gasteiger partial charge in [-0.2, -0.15) is 4.98 Å². The average Bonchev–Trinajstić information content (AvgIpc) is 3.58. The molecule has 0 spiro atoms. The fourth-order valence-electron chi connectivity index (χ4n) is 4.52. The predicted octanol–water partition coefficient (Wildman–Crippen LogP) is 3.18. The van der Waals surface area contributed by atoms with Crippen LogP contribution in [0, 0.1) is 5.82 Å². The number of imidazole rings is 1. The molecule has 0 saturated carbocycles. The number of primary amides is 1. The van der Waals surface area contributed by atoms with Crippen molar-refractivity contribution in [2.24, 2.45) is 5.73 Å². The Morgan fingerprint density at radius 2 is 1.89 bits per heavy atom. The molecule has 11 nitrogen and oxygen atoms in total. The summed E-state index contributed by atoms with van der Waals surface area (Å²) >= 11 is 0. The molecule has 37 heavy (non-hydrogen) atoms. The molecule has 12 heteroatoms. The van der Waals surface area contributed by atoms with Crippen molar-refractivity contribution in [3.63, 3.8) is 0 Å². The molecule has 0 radical (unpaired) electrons. The first-order chi connectivity index (χ1) is 17.9. The summed E-state index contributed by atoms with van der Waals surface area (Å²) in [6, 6.07) is 7.65. The number of carbonyl (C=O) groups is 1. The van der Waals surface area contributed by atoms with Crippen molar-refractivity contribution in [1.82, 2.24) is 19.5 Å². The Bertz CT molecular complexity index is 1450. The summed E-state index contributed by atoms with van der Waals surface area (Å²) in [5, 5.41) is 3.32. The standard InChI is InChI=1S/C25H26FN7O4/c1-35-18-10-14(11-19(36-2)22(18)37-3)32-12-20(28-13-32)30-24-21-15(26)6-4-7-16(21)29-25(31-24)33-9-5-8-17(33)23(27)34/h4,6-7,10-13,17H,5,8-9H2,1-3H3,(H2,27,34)(H,29,30,31). The van der Waals surface area contributed by atoms with Crippen LogP contribution >= 0.6 is 0 Å². The van der Waals surface area contributed by atoms with Gasteiger partial charge in [-0.1, -0.05) is 6.07 Å². The molecule has 2 aromatic carbocycles. The van der Waals surface area contributed by atoms with Crippen LogP contribution < -0.4 is 30.2 Å². The summed E-state index contributed by atoms with van der Waals surface area (Å²) in [7, 11) is 4.61. The molecule has 1 aliphatic rings. The molecule has 192 valence electrons. The molecule has 5 rings (SSSR count). The fourth-order valence-corrected chi connectivity index (χ4v) is 4.52. The Hall–Kier alpha value is -4.61. The smallest absolute Gasteiger partial charge is 0.240 e. The van der Waals surface area contributed by atoms with Gasteiger partial charge in [-0.05, 0) is 25.0 Å². The van der Waals surface area contributed by atoms with E-state index in [-0.39, 0.29) is 11.2 Å². The zero-order valence-corrected chi connectivity index (χ0v) is 20.6. The number of amides is 1. The first-order valence-corrected chi connectivity index (χ1v) is 11.6. The normalized spacial score (nSPS) is 15.1. The van der Waals surface area contributed by atoms with Crippen LogP contribution in [0.1, 0.15) is 12.8 Å². The van der Waals surface area contributed by atoms with Gasteiger partial charge in [-0.3, -0.25) is 4.79 Å². The highest BCUT2D eigenvalue weighted by Gasteiger charge is 2.31.